The molecular weight excluding hydrogens is 333 g/mol. The molecule has 2 atom stereocenters. The Morgan fingerprint density at radius 3 is 2.68 bits per heavy atom. The normalized spacial score (nSPS) is 24.8. The van der Waals surface area contributed by atoms with Gasteiger partial charge >= 0.3 is 0 Å². The Hall–Kier alpha value is -0.460. The van der Waals surface area contributed by atoms with Gasteiger partial charge in [-0.25, -0.2) is 12.8 Å². The van der Waals surface area contributed by atoms with Crippen molar-refractivity contribution in [2.24, 2.45) is 0 Å². The molecule has 6 heteroatoms. The largest absolute Gasteiger partial charge is 0.243 e. The Morgan fingerprint density at radius 2 is 2.11 bits per heavy atom. The second kappa shape index (κ2) is 5.50. The standard InChI is InChI=1S/C13H17BrFNO2S/c1-3-10-5-4-9(2)16(10)19(17,18)11-6-7-12(14)13(15)8-11/h6-10H,3-5H2,1-2H3. The molecule has 0 N–H and O–H groups in total. The van der Waals surface area contributed by atoms with Crippen LogP contribution in [0.3, 0.4) is 0 Å². The molecule has 1 saturated heterocycles. The smallest absolute Gasteiger partial charge is 0.207 e. The van der Waals surface area contributed by atoms with Gasteiger partial charge in [-0.05, 0) is 60.3 Å². The van der Waals surface area contributed by atoms with Gasteiger partial charge in [0.25, 0.3) is 0 Å². The summed E-state index contributed by atoms with van der Waals surface area (Å²) in [5.74, 6) is -0.555. The Morgan fingerprint density at radius 1 is 1.42 bits per heavy atom. The van der Waals surface area contributed by atoms with Crippen LogP contribution in [0.1, 0.15) is 33.1 Å². The van der Waals surface area contributed by atoms with Gasteiger partial charge in [0.1, 0.15) is 5.82 Å². The molecule has 0 amide bonds. The third kappa shape index (κ3) is 2.71. The summed E-state index contributed by atoms with van der Waals surface area (Å²) in [4.78, 5) is 0.0281. The van der Waals surface area contributed by atoms with Crippen molar-refractivity contribution < 1.29 is 12.8 Å². The van der Waals surface area contributed by atoms with Crippen molar-refractivity contribution in [3.63, 3.8) is 0 Å². The predicted octanol–water partition coefficient (Wildman–Crippen LogP) is 3.54. The van der Waals surface area contributed by atoms with E-state index in [0.717, 1.165) is 25.3 Å². The van der Waals surface area contributed by atoms with Crippen LogP contribution < -0.4 is 0 Å². The lowest BCUT2D eigenvalue weighted by molar-refractivity contribution is 0.328. The van der Waals surface area contributed by atoms with Gasteiger partial charge in [0, 0.05) is 12.1 Å². The Balaban J connectivity index is 2.43. The van der Waals surface area contributed by atoms with E-state index in [9.17, 15) is 12.8 Å². The topological polar surface area (TPSA) is 37.4 Å². The van der Waals surface area contributed by atoms with E-state index in [1.807, 2.05) is 13.8 Å². The summed E-state index contributed by atoms with van der Waals surface area (Å²) in [5, 5.41) is 0. The molecule has 0 saturated carbocycles. The Kier molecular flexibility index (Phi) is 4.32. The highest BCUT2D eigenvalue weighted by Gasteiger charge is 2.39. The van der Waals surface area contributed by atoms with E-state index in [1.165, 1.54) is 16.4 Å². The first kappa shape index (κ1) is 14.9. The fraction of sp³-hybridized carbons (Fsp3) is 0.538. The van der Waals surface area contributed by atoms with Crippen molar-refractivity contribution in [1.82, 2.24) is 4.31 Å². The maximum Gasteiger partial charge on any atom is 0.243 e. The quantitative estimate of drug-likeness (QED) is 0.836. The Labute approximate surface area is 122 Å². The lowest BCUT2D eigenvalue weighted by Crippen LogP contribution is -2.39. The zero-order valence-corrected chi connectivity index (χ0v) is 13.3. The van der Waals surface area contributed by atoms with Gasteiger partial charge in [0.15, 0.2) is 0 Å². The molecule has 19 heavy (non-hydrogen) atoms. The first-order valence-electron chi connectivity index (χ1n) is 6.36. The monoisotopic (exact) mass is 349 g/mol. The summed E-state index contributed by atoms with van der Waals surface area (Å²) < 4.78 is 40.6. The molecule has 2 rings (SSSR count). The lowest BCUT2D eigenvalue weighted by Gasteiger charge is -2.27. The number of sulfonamides is 1. The molecule has 1 aromatic carbocycles. The molecule has 1 aliphatic rings. The predicted molar refractivity (Wildman–Crippen MR) is 75.9 cm³/mol. The van der Waals surface area contributed by atoms with Crippen LogP contribution in [-0.2, 0) is 10.0 Å². The number of halogens is 2. The second-order valence-corrected chi connectivity index (χ2v) is 7.60. The molecule has 0 bridgehead atoms. The molecular formula is C13H17BrFNO2S. The maximum absolute atomic E-state index is 13.5. The molecule has 0 aromatic heterocycles. The molecule has 0 spiro atoms. The maximum atomic E-state index is 13.5. The van der Waals surface area contributed by atoms with Crippen molar-refractivity contribution in [2.75, 3.05) is 0 Å². The molecule has 106 valence electrons. The van der Waals surface area contributed by atoms with Crippen LogP contribution in [0.25, 0.3) is 0 Å². The number of hydrogen-bond acceptors (Lipinski definition) is 2. The number of nitrogens with zero attached hydrogens (tertiary/aromatic N) is 1. The fourth-order valence-electron chi connectivity index (χ4n) is 2.62. The van der Waals surface area contributed by atoms with E-state index in [0.29, 0.717) is 0 Å². The van der Waals surface area contributed by atoms with Crippen LogP contribution in [0, 0.1) is 5.82 Å². The zero-order valence-electron chi connectivity index (χ0n) is 10.9. The highest BCUT2D eigenvalue weighted by Crippen LogP contribution is 2.33. The third-order valence-corrected chi connectivity index (χ3v) is 6.36. The number of hydrogen-bond donors (Lipinski definition) is 0. The number of rotatable bonds is 3. The molecule has 0 radical (unpaired) electrons. The van der Waals surface area contributed by atoms with E-state index >= 15 is 0 Å². The van der Waals surface area contributed by atoms with Crippen LogP contribution in [0.5, 0.6) is 0 Å². The minimum Gasteiger partial charge on any atom is -0.207 e. The number of benzene rings is 1. The lowest BCUT2D eigenvalue weighted by atomic mass is 10.2. The molecule has 3 nitrogen and oxygen atoms in total. The molecule has 1 aliphatic heterocycles. The van der Waals surface area contributed by atoms with Crippen LogP contribution in [-0.4, -0.2) is 24.8 Å². The van der Waals surface area contributed by atoms with E-state index in [4.69, 9.17) is 0 Å². The minimum atomic E-state index is -3.62. The van der Waals surface area contributed by atoms with Crippen molar-refractivity contribution in [2.45, 2.75) is 50.1 Å². The summed E-state index contributed by atoms with van der Waals surface area (Å²) in [5.41, 5.74) is 0. The van der Waals surface area contributed by atoms with E-state index in [2.05, 4.69) is 15.9 Å². The van der Waals surface area contributed by atoms with Crippen LogP contribution in [0.2, 0.25) is 0 Å². The van der Waals surface area contributed by atoms with Gasteiger partial charge < -0.3 is 0 Å². The van der Waals surface area contributed by atoms with Gasteiger partial charge in [-0.15, -0.1) is 0 Å². The molecule has 1 fully saturated rings. The van der Waals surface area contributed by atoms with Crippen molar-refractivity contribution in [1.29, 1.82) is 0 Å². The van der Waals surface area contributed by atoms with Crippen molar-refractivity contribution >= 4 is 26.0 Å². The molecule has 1 aromatic rings. The Bertz CT molecular complexity index is 576. The SMILES string of the molecule is CCC1CCC(C)N1S(=O)(=O)c1ccc(Br)c(F)c1. The average Bonchev–Trinajstić information content (AvgIpc) is 2.74. The summed E-state index contributed by atoms with van der Waals surface area (Å²) in [7, 11) is -3.62. The van der Waals surface area contributed by atoms with E-state index in [-0.39, 0.29) is 21.5 Å². The first-order chi connectivity index (χ1) is 8.87. The van der Waals surface area contributed by atoms with Gasteiger partial charge in [-0.2, -0.15) is 4.31 Å². The van der Waals surface area contributed by atoms with Crippen molar-refractivity contribution in [3.8, 4) is 0 Å². The molecule has 0 aliphatic carbocycles. The summed E-state index contributed by atoms with van der Waals surface area (Å²) in [6, 6.07) is 3.95. The second-order valence-electron chi connectivity index (χ2n) is 4.90. The highest BCUT2D eigenvalue weighted by atomic mass is 79.9. The first-order valence-corrected chi connectivity index (χ1v) is 8.59. The molecule has 1 heterocycles. The van der Waals surface area contributed by atoms with Crippen LogP contribution >= 0.6 is 15.9 Å². The molecule has 2 unspecified atom stereocenters. The van der Waals surface area contributed by atoms with Crippen LogP contribution in [0.15, 0.2) is 27.6 Å². The van der Waals surface area contributed by atoms with Gasteiger partial charge in [-0.3, -0.25) is 0 Å². The van der Waals surface area contributed by atoms with Gasteiger partial charge in [-0.1, -0.05) is 6.92 Å². The minimum absolute atomic E-state index is 0.0201. The summed E-state index contributed by atoms with van der Waals surface area (Å²) in [6.07, 6.45) is 2.51. The highest BCUT2D eigenvalue weighted by molar-refractivity contribution is 9.10. The fourth-order valence-corrected chi connectivity index (χ4v) is 4.83. The van der Waals surface area contributed by atoms with Gasteiger partial charge in [0.05, 0.1) is 9.37 Å². The average molecular weight is 350 g/mol. The summed E-state index contributed by atoms with van der Waals surface area (Å²) in [6.45, 7) is 3.88. The summed E-state index contributed by atoms with van der Waals surface area (Å²) >= 11 is 3.03. The van der Waals surface area contributed by atoms with Crippen LogP contribution in [0.4, 0.5) is 4.39 Å². The van der Waals surface area contributed by atoms with E-state index < -0.39 is 15.8 Å². The zero-order chi connectivity index (χ0) is 14.2. The van der Waals surface area contributed by atoms with Gasteiger partial charge in [0.2, 0.25) is 10.0 Å². The van der Waals surface area contributed by atoms with E-state index in [1.54, 1.807) is 0 Å². The third-order valence-electron chi connectivity index (χ3n) is 3.65. The van der Waals surface area contributed by atoms with Crippen molar-refractivity contribution in [3.05, 3.63) is 28.5 Å².